The minimum Gasteiger partial charge on any atom is -0.351 e. The van der Waals surface area contributed by atoms with E-state index in [1.165, 1.54) is 11.3 Å². The highest BCUT2D eigenvalue weighted by Crippen LogP contribution is 2.38. The maximum absolute atomic E-state index is 10.9. The number of nitrogens with one attached hydrogen (secondary N) is 1. The molecule has 0 aliphatic carbocycles. The molecule has 2 amide bonds. The smallest absolute Gasteiger partial charge is 0.316 e. The maximum Gasteiger partial charge on any atom is 0.316 e. The Morgan fingerprint density at radius 3 is 2.94 bits per heavy atom. The topological polar surface area (TPSA) is 68.0 Å². The Bertz CT molecular complexity index is 568. The summed E-state index contributed by atoms with van der Waals surface area (Å²) in [6, 6.07) is 6.99. The first kappa shape index (κ1) is 12.1. The molecule has 4 nitrogen and oxygen atoms in total. The molecule has 88 valence electrons. The fraction of sp³-hybridized carbons (Fsp3) is 0.0909. The van der Waals surface area contributed by atoms with Crippen molar-refractivity contribution in [3.05, 3.63) is 33.7 Å². The Labute approximate surface area is 111 Å². The Kier molecular flexibility index (Phi) is 3.44. The van der Waals surface area contributed by atoms with Gasteiger partial charge < -0.3 is 11.1 Å². The highest BCUT2D eigenvalue weighted by Gasteiger charge is 2.12. The average molecular weight is 312 g/mol. The van der Waals surface area contributed by atoms with E-state index in [9.17, 15) is 4.79 Å². The Hall–Kier alpha value is -1.40. The van der Waals surface area contributed by atoms with E-state index in [0.717, 1.165) is 20.1 Å². The van der Waals surface area contributed by atoms with Gasteiger partial charge in [0.05, 0.1) is 20.0 Å². The van der Waals surface area contributed by atoms with E-state index < -0.39 is 6.03 Å². The van der Waals surface area contributed by atoms with Gasteiger partial charge in [-0.1, -0.05) is 6.07 Å². The highest BCUT2D eigenvalue weighted by atomic mass is 79.9. The van der Waals surface area contributed by atoms with E-state index in [4.69, 9.17) is 5.73 Å². The summed E-state index contributed by atoms with van der Waals surface area (Å²) < 4.78 is 0.916. The van der Waals surface area contributed by atoms with Gasteiger partial charge in [-0.2, -0.15) is 0 Å². The van der Waals surface area contributed by atoms with Crippen molar-refractivity contribution < 1.29 is 4.79 Å². The number of carbonyl (C=O) groups is 1. The van der Waals surface area contributed by atoms with Gasteiger partial charge in [0.1, 0.15) is 0 Å². The number of urea groups is 1. The van der Waals surface area contributed by atoms with Crippen LogP contribution in [0.3, 0.4) is 0 Å². The van der Waals surface area contributed by atoms with Gasteiger partial charge >= 0.3 is 6.03 Å². The first-order chi connectivity index (χ1) is 8.06. The van der Waals surface area contributed by atoms with E-state index >= 15 is 0 Å². The molecule has 2 rings (SSSR count). The van der Waals surface area contributed by atoms with Gasteiger partial charge in [0.25, 0.3) is 0 Å². The first-order valence-corrected chi connectivity index (χ1v) is 6.47. The fourth-order valence-corrected chi connectivity index (χ4v) is 2.97. The number of amides is 2. The molecule has 0 radical (unpaired) electrons. The van der Waals surface area contributed by atoms with Crippen molar-refractivity contribution in [3.63, 3.8) is 0 Å². The molecular weight excluding hydrogens is 302 g/mol. The Morgan fingerprint density at radius 2 is 2.29 bits per heavy atom. The second kappa shape index (κ2) is 4.85. The molecule has 2 aromatic rings. The van der Waals surface area contributed by atoms with Crippen LogP contribution in [0.1, 0.15) is 5.69 Å². The zero-order valence-corrected chi connectivity index (χ0v) is 11.4. The summed E-state index contributed by atoms with van der Waals surface area (Å²) in [6.07, 6.45) is 0. The fourth-order valence-electron chi connectivity index (χ4n) is 1.45. The molecule has 0 aliphatic heterocycles. The molecule has 6 heteroatoms. The number of primary amides is 1. The summed E-state index contributed by atoms with van der Waals surface area (Å²) in [7, 11) is 0. The SMILES string of the molecule is Cc1cccc(-c2sc(Br)cc2NC(N)=O)n1. The predicted octanol–water partition coefficient (Wildman–Crippen LogP) is 3.37. The van der Waals surface area contributed by atoms with E-state index in [2.05, 4.69) is 26.2 Å². The number of nitrogens with two attached hydrogens (primary N) is 1. The molecule has 0 spiro atoms. The zero-order chi connectivity index (χ0) is 12.4. The van der Waals surface area contributed by atoms with Crippen molar-refractivity contribution in [1.29, 1.82) is 0 Å². The summed E-state index contributed by atoms with van der Waals surface area (Å²) in [4.78, 5) is 16.2. The number of rotatable bonds is 2. The largest absolute Gasteiger partial charge is 0.351 e. The van der Waals surface area contributed by atoms with E-state index in [1.807, 2.05) is 31.2 Å². The number of aromatic nitrogens is 1. The molecule has 0 atom stereocenters. The molecule has 0 aromatic carbocycles. The standard InChI is InChI=1S/C11H10BrN3OS/c1-6-3-2-4-7(14-6)10-8(15-11(13)16)5-9(12)17-10/h2-5H,1H3,(H3,13,15,16). The molecule has 2 aromatic heterocycles. The monoisotopic (exact) mass is 311 g/mol. The minimum absolute atomic E-state index is 0.579. The molecule has 0 saturated carbocycles. The zero-order valence-electron chi connectivity index (χ0n) is 9.03. The Morgan fingerprint density at radius 1 is 1.53 bits per heavy atom. The van der Waals surface area contributed by atoms with Gasteiger partial charge in [-0.25, -0.2) is 4.79 Å². The van der Waals surface area contributed by atoms with Gasteiger partial charge in [-0.15, -0.1) is 11.3 Å². The highest BCUT2D eigenvalue weighted by molar-refractivity contribution is 9.11. The number of carbonyl (C=O) groups excluding carboxylic acids is 1. The molecule has 0 fully saturated rings. The third kappa shape index (κ3) is 2.83. The van der Waals surface area contributed by atoms with Crippen molar-refractivity contribution >= 4 is 39.0 Å². The number of hydrogen-bond acceptors (Lipinski definition) is 3. The van der Waals surface area contributed by atoms with Crippen molar-refractivity contribution in [2.24, 2.45) is 5.73 Å². The average Bonchev–Trinajstić information content (AvgIpc) is 2.58. The van der Waals surface area contributed by atoms with Crippen LogP contribution >= 0.6 is 27.3 Å². The van der Waals surface area contributed by atoms with Crippen molar-refractivity contribution in [3.8, 4) is 10.6 Å². The van der Waals surface area contributed by atoms with Gasteiger partial charge in [0.15, 0.2) is 0 Å². The quantitative estimate of drug-likeness (QED) is 0.892. The lowest BCUT2D eigenvalue weighted by molar-refractivity contribution is 0.259. The van der Waals surface area contributed by atoms with Crippen LogP contribution in [0.25, 0.3) is 10.6 Å². The van der Waals surface area contributed by atoms with E-state index in [-0.39, 0.29) is 0 Å². The van der Waals surface area contributed by atoms with Gasteiger partial charge in [0.2, 0.25) is 0 Å². The van der Waals surface area contributed by atoms with Crippen LogP contribution < -0.4 is 11.1 Å². The van der Waals surface area contributed by atoms with Crippen molar-refractivity contribution in [2.45, 2.75) is 6.92 Å². The van der Waals surface area contributed by atoms with Crippen LogP contribution in [0.2, 0.25) is 0 Å². The molecule has 0 saturated heterocycles. The minimum atomic E-state index is -0.579. The Balaban J connectivity index is 2.47. The van der Waals surface area contributed by atoms with E-state index in [1.54, 1.807) is 0 Å². The molecule has 2 heterocycles. The molecule has 0 aliphatic rings. The summed E-state index contributed by atoms with van der Waals surface area (Å²) in [5, 5.41) is 2.59. The number of anilines is 1. The second-order valence-electron chi connectivity index (χ2n) is 3.45. The van der Waals surface area contributed by atoms with Crippen molar-refractivity contribution in [1.82, 2.24) is 4.98 Å². The summed E-state index contributed by atoms with van der Waals surface area (Å²) in [5.74, 6) is 0. The van der Waals surface area contributed by atoms with Gasteiger partial charge in [0, 0.05) is 5.69 Å². The lowest BCUT2D eigenvalue weighted by Crippen LogP contribution is -2.19. The summed E-state index contributed by atoms with van der Waals surface area (Å²) in [5.41, 5.74) is 7.55. The number of hydrogen-bond donors (Lipinski definition) is 2. The second-order valence-corrected chi connectivity index (χ2v) is 5.88. The lowest BCUT2D eigenvalue weighted by atomic mass is 10.2. The molecule has 17 heavy (non-hydrogen) atoms. The van der Waals surface area contributed by atoms with Crippen LogP contribution in [0.5, 0.6) is 0 Å². The first-order valence-electron chi connectivity index (χ1n) is 4.86. The summed E-state index contributed by atoms with van der Waals surface area (Å²) >= 11 is 4.89. The van der Waals surface area contributed by atoms with Crippen LogP contribution in [0, 0.1) is 6.92 Å². The normalized spacial score (nSPS) is 10.2. The van der Waals surface area contributed by atoms with Crippen molar-refractivity contribution in [2.75, 3.05) is 5.32 Å². The van der Waals surface area contributed by atoms with Crippen LogP contribution in [-0.4, -0.2) is 11.0 Å². The number of aryl methyl sites for hydroxylation is 1. The number of thiophene rings is 1. The van der Waals surface area contributed by atoms with Crippen LogP contribution in [-0.2, 0) is 0 Å². The van der Waals surface area contributed by atoms with E-state index in [0.29, 0.717) is 5.69 Å². The summed E-state index contributed by atoms with van der Waals surface area (Å²) in [6.45, 7) is 1.92. The molecule has 3 N–H and O–H groups in total. The maximum atomic E-state index is 10.9. The lowest BCUT2D eigenvalue weighted by Gasteiger charge is -2.03. The van der Waals surface area contributed by atoms with Gasteiger partial charge in [-0.05, 0) is 41.1 Å². The predicted molar refractivity (Wildman–Crippen MR) is 73.2 cm³/mol. The number of pyridine rings is 1. The molecule has 0 bridgehead atoms. The van der Waals surface area contributed by atoms with Gasteiger partial charge in [-0.3, -0.25) is 4.98 Å². The molecule has 0 unspecified atom stereocenters. The van der Waals surface area contributed by atoms with Crippen LogP contribution in [0.15, 0.2) is 28.1 Å². The van der Waals surface area contributed by atoms with Crippen LogP contribution in [0.4, 0.5) is 10.5 Å². The number of halogens is 1. The molecular formula is C11H10BrN3OS. The third-order valence-electron chi connectivity index (χ3n) is 2.08. The third-order valence-corrected chi connectivity index (χ3v) is 3.74. The number of nitrogens with zero attached hydrogens (tertiary/aromatic N) is 1.